The Morgan fingerprint density at radius 1 is 1.15 bits per heavy atom. The molecule has 0 amide bonds. The van der Waals surface area contributed by atoms with E-state index in [9.17, 15) is 4.79 Å². The topological polar surface area (TPSA) is 41.9 Å². The Morgan fingerprint density at radius 2 is 1.74 bits per heavy atom. The van der Waals surface area contributed by atoms with Crippen molar-refractivity contribution in [3.8, 4) is 0 Å². The average Bonchev–Trinajstić information content (AvgIpc) is 2.82. The fourth-order valence-electron chi connectivity index (χ4n) is 3.20. The fraction of sp³-hybridized carbons (Fsp3) is 0.586. The molecule has 0 spiro atoms. The summed E-state index contributed by atoms with van der Waals surface area (Å²) >= 11 is 6.17. The Morgan fingerprint density at radius 3 is 2.15 bits per heavy atom. The van der Waals surface area contributed by atoms with E-state index >= 15 is 0 Å². The number of aryl methyl sites for hydroxylation is 1. The van der Waals surface area contributed by atoms with Crippen LogP contribution >= 0.6 is 11.6 Å². The summed E-state index contributed by atoms with van der Waals surface area (Å²) in [5, 5.41) is 0.525. The lowest BCUT2D eigenvalue weighted by Crippen LogP contribution is -2.36. The Labute approximate surface area is 215 Å². The van der Waals surface area contributed by atoms with E-state index in [0.717, 1.165) is 49.4 Å². The number of halogens is 1. The number of Topliss-reactive ketones (excluding diaryl/α,β-unsaturated/α-hetero) is 1. The van der Waals surface area contributed by atoms with E-state index in [4.69, 9.17) is 16.3 Å². The van der Waals surface area contributed by atoms with Crippen molar-refractivity contribution in [3.63, 3.8) is 0 Å². The van der Waals surface area contributed by atoms with Crippen molar-refractivity contribution < 1.29 is 9.53 Å². The third-order valence-corrected chi connectivity index (χ3v) is 5.34. The number of aliphatic imine (C=N–C) groups is 1. The van der Waals surface area contributed by atoms with Crippen molar-refractivity contribution in [1.29, 1.82) is 0 Å². The molecule has 5 heteroatoms. The van der Waals surface area contributed by atoms with E-state index in [1.165, 1.54) is 19.4 Å². The van der Waals surface area contributed by atoms with Gasteiger partial charge in [0, 0.05) is 31.3 Å². The first-order valence-corrected chi connectivity index (χ1v) is 12.9. The Bertz CT molecular complexity index is 757. The maximum Gasteiger partial charge on any atom is 0.194 e. The maximum atomic E-state index is 12.4. The van der Waals surface area contributed by atoms with Crippen LogP contribution < -0.4 is 0 Å². The first-order chi connectivity index (χ1) is 16.2. The summed E-state index contributed by atoms with van der Waals surface area (Å²) in [4.78, 5) is 18.6. The standard InChI is InChI=1S/C15H17ClO.C7H15NO.C5H11N.C2H6/c1-9(2)13(10(3)4)15(17)12-8-6-7-11(5)14(12)16;1-2-3-8-4-6-9-7-5-8;1-3-4-5-6-2;1-2/h6-8H,1H2,2-5H3;2-7H2,1H3;5H,3-4H2,1-2H3;1-2H3. The van der Waals surface area contributed by atoms with Gasteiger partial charge in [0.2, 0.25) is 0 Å². The van der Waals surface area contributed by atoms with Crippen molar-refractivity contribution >= 4 is 23.6 Å². The van der Waals surface area contributed by atoms with Crippen LogP contribution in [0.2, 0.25) is 5.02 Å². The highest BCUT2D eigenvalue weighted by Gasteiger charge is 2.17. The molecule has 34 heavy (non-hydrogen) atoms. The Balaban J connectivity index is 0. The van der Waals surface area contributed by atoms with Crippen LogP contribution in [0.1, 0.15) is 83.7 Å². The van der Waals surface area contributed by atoms with Crippen molar-refractivity contribution in [2.24, 2.45) is 4.99 Å². The fourth-order valence-corrected chi connectivity index (χ4v) is 3.42. The van der Waals surface area contributed by atoms with E-state index in [1.54, 1.807) is 13.1 Å². The molecule has 1 aliphatic heterocycles. The summed E-state index contributed by atoms with van der Waals surface area (Å²) in [7, 11) is 1.80. The summed E-state index contributed by atoms with van der Waals surface area (Å²) < 4.78 is 5.20. The molecule has 0 N–H and O–H groups in total. The summed E-state index contributed by atoms with van der Waals surface area (Å²) in [6.07, 6.45) is 5.52. The van der Waals surface area contributed by atoms with Crippen LogP contribution in [0, 0.1) is 6.92 Å². The van der Waals surface area contributed by atoms with Crippen LogP contribution in [0.5, 0.6) is 0 Å². The molecule has 0 aromatic heterocycles. The second kappa shape index (κ2) is 21.8. The van der Waals surface area contributed by atoms with Gasteiger partial charge < -0.3 is 9.73 Å². The van der Waals surface area contributed by atoms with E-state index in [1.807, 2.05) is 59.9 Å². The lowest BCUT2D eigenvalue weighted by Gasteiger charge is -2.25. The van der Waals surface area contributed by atoms with Crippen molar-refractivity contribution in [3.05, 3.63) is 57.6 Å². The van der Waals surface area contributed by atoms with Gasteiger partial charge in [-0.3, -0.25) is 9.69 Å². The van der Waals surface area contributed by atoms with Crippen LogP contribution in [0.4, 0.5) is 0 Å². The SMILES string of the molecule is C=C(C)C(C(=O)c1cccc(C)c1Cl)=C(C)C.CC.CCCC=NC.CCCN1CCOCC1. The number of carbonyl (C=O) groups excluding carboxylic acids is 1. The molecular weight excluding hydrogens is 444 g/mol. The zero-order valence-electron chi connectivity index (χ0n) is 23.3. The molecule has 1 fully saturated rings. The zero-order chi connectivity index (χ0) is 26.5. The highest BCUT2D eigenvalue weighted by molar-refractivity contribution is 6.35. The van der Waals surface area contributed by atoms with Gasteiger partial charge in [0.05, 0.1) is 18.2 Å². The molecule has 0 unspecified atom stereocenters. The first-order valence-electron chi connectivity index (χ1n) is 12.5. The van der Waals surface area contributed by atoms with Gasteiger partial charge >= 0.3 is 0 Å². The minimum atomic E-state index is -0.0498. The zero-order valence-corrected chi connectivity index (χ0v) is 24.0. The summed E-state index contributed by atoms with van der Waals surface area (Å²) in [6.45, 7) is 25.1. The van der Waals surface area contributed by atoms with Crippen molar-refractivity contribution in [1.82, 2.24) is 4.90 Å². The van der Waals surface area contributed by atoms with E-state index < -0.39 is 0 Å². The van der Waals surface area contributed by atoms with Gasteiger partial charge in [-0.25, -0.2) is 0 Å². The van der Waals surface area contributed by atoms with Gasteiger partial charge in [0.1, 0.15) is 0 Å². The first kappa shape index (κ1) is 34.4. The van der Waals surface area contributed by atoms with Gasteiger partial charge in [-0.1, -0.05) is 70.0 Å². The number of morpholine rings is 1. The number of rotatable bonds is 7. The van der Waals surface area contributed by atoms with Gasteiger partial charge in [0.15, 0.2) is 5.78 Å². The molecule has 1 heterocycles. The van der Waals surface area contributed by atoms with Crippen molar-refractivity contribution in [2.75, 3.05) is 39.9 Å². The normalized spacial score (nSPS) is 12.9. The molecule has 1 saturated heterocycles. The molecule has 0 atom stereocenters. The van der Waals surface area contributed by atoms with Gasteiger partial charge in [0.25, 0.3) is 0 Å². The second-order valence-electron chi connectivity index (χ2n) is 8.10. The predicted molar refractivity (Wildman–Crippen MR) is 152 cm³/mol. The molecule has 1 aromatic carbocycles. The second-order valence-corrected chi connectivity index (χ2v) is 8.48. The summed E-state index contributed by atoms with van der Waals surface area (Å²) in [6, 6.07) is 5.49. The number of nitrogens with zero attached hydrogens (tertiary/aromatic N) is 2. The minimum Gasteiger partial charge on any atom is -0.379 e. The molecular formula is C29H49ClN2O2. The number of hydrogen-bond donors (Lipinski definition) is 0. The van der Waals surface area contributed by atoms with E-state index in [0.29, 0.717) is 16.2 Å². The third-order valence-electron chi connectivity index (χ3n) is 4.83. The molecule has 194 valence electrons. The van der Waals surface area contributed by atoms with Crippen LogP contribution in [0.25, 0.3) is 0 Å². The van der Waals surface area contributed by atoms with Crippen LogP contribution in [-0.2, 0) is 4.74 Å². The average molecular weight is 493 g/mol. The van der Waals surface area contributed by atoms with Crippen LogP contribution in [0.3, 0.4) is 0 Å². The molecule has 0 bridgehead atoms. The maximum absolute atomic E-state index is 12.4. The summed E-state index contributed by atoms with van der Waals surface area (Å²) in [5.74, 6) is -0.0498. The molecule has 0 radical (unpaired) electrons. The molecule has 0 saturated carbocycles. The molecule has 1 aromatic rings. The smallest absolute Gasteiger partial charge is 0.194 e. The van der Waals surface area contributed by atoms with Gasteiger partial charge in [-0.05, 0) is 70.5 Å². The quantitative estimate of drug-likeness (QED) is 0.167. The lowest BCUT2D eigenvalue weighted by atomic mass is 9.94. The van der Waals surface area contributed by atoms with Crippen molar-refractivity contribution in [2.45, 2.75) is 74.7 Å². The number of carbonyl (C=O) groups is 1. The Hall–Kier alpha value is -1.75. The summed E-state index contributed by atoms with van der Waals surface area (Å²) in [5.41, 5.74) is 3.85. The molecule has 0 aliphatic carbocycles. The molecule has 1 aliphatic rings. The van der Waals surface area contributed by atoms with Crippen LogP contribution in [0.15, 0.2) is 46.5 Å². The largest absolute Gasteiger partial charge is 0.379 e. The highest BCUT2D eigenvalue weighted by atomic mass is 35.5. The van der Waals surface area contributed by atoms with E-state index in [2.05, 4.69) is 30.3 Å². The van der Waals surface area contributed by atoms with Gasteiger partial charge in [-0.2, -0.15) is 0 Å². The number of benzene rings is 1. The molecule has 4 nitrogen and oxygen atoms in total. The predicted octanol–water partition coefficient (Wildman–Crippen LogP) is 7.99. The monoisotopic (exact) mass is 492 g/mol. The number of ether oxygens (including phenoxy) is 1. The lowest BCUT2D eigenvalue weighted by molar-refractivity contribution is 0.0380. The Kier molecular flexibility index (Phi) is 22.0. The number of unbranched alkanes of at least 4 members (excludes halogenated alkanes) is 1. The number of ketones is 1. The minimum absolute atomic E-state index is 0.0498. The number of allylic oxidation sites excluding steroid dienone is 3. The third kappa shape index (κ3) is 14.5. The van der Waals surface area contributed by atoms with Gasteiger partial charge in [-0.15, -0.1) is 0 Å². The van der Waals surface area contributed by atoms with Crippen LogP contribution in [-0.4, -0.2) is 56.8 Å². The highest BCUT2D eigenvalue weighted by Crippen LogP contribution is 2.26. The molecule has 2 rings (SSSR count). The van der Waals surface area contributed by atoms with E-state index in [-0.39, 0.29) is 5.78 Å². The number of hydrogen-bond acceptors (Lipinski definition) is 4.